The third kappa shape index (κ3) is 4.27. The van der Waals surface area contributed by atoms with E-state index in [4.69, 9.17) is 9.47 Å². The van der Waals surface area contributed by atoms with Gasteiger partial charge in [-0.05, 0) is 56.2 Å². The van der Waals surface area contributed by atoms with E-state index in [9.17, 15) is 4.79 Å². The fraction of sp³-hybridized carbons (Fsp3) is 0.385. The first-order valence-corrected chi connectivity index (χ1v) is 11.6. The van der Waals surface area contributed by atoms with Crippen LogP contribution in [0.4, 0.5) is 4.79 Å². The number of nitrogens with one attached hydrogen (secondary N) is 1. The summed E-state index contributed by atoms with van der Waals surface area (Å²) in [4.78, 5) is 14.3. The van der Waals surface area contributed by atoms with Gasteiger partial charge in [-0.15, -0.1) is 0 Å². The lowest BCUT2D eigenvalue weighted by atomic mass is 9.83. The second-order valence-electron chi connectivity index (χ2n) is 9.95. The van der Waals surface area contributed by atoms with Gasteiger partial charge in [0.25, 0.3) is 0 Å². The minimum absolute atomic E-state index is 0.264. The SMILES string of the molecule is C[n+]1[nH]nnc1-c1ccc(C2=CC3(CCN(C(=O)OC(C)(C)C)CC3)Oc3ccccc32)cc1. The minimum atomic E-state index is -0.505. The summed E-state index contributed by atoms with van der Waals surface area (Å²) in [6.45, 7) is 6.84. The molecule has 1 saturated heterocycles. The van der Waals surface area contributed by atoms with Crippen molar-refractivity contribution in [2.45, 2.75) is 44.8 Å². The summed E-state index contributed by atoms with van der Waals surface area (Å²) in [6, 6.07) is 16.5. The van der Waals surface area contributed by atoms with Gasteiger partial charge in [0.1, 0.15) is 22.1 Å². The molecule has 3 aromatic rings. The number of likely N-dealkylation sites (tertiary alicyclic amines) is 1. The summed E-state index contributed by atoms with van der Waals surface area (Å²) in [5.74, 6) is 1.65. The number of nitrogens with zero attached hydrogens (tertiary/aromatic N) is 4. The Morgan fingerprint density at radius 1 is 1.09 bits per heavy atom. The van der Waals surface area contributed by atoms with E-state index in [0.717, 1.165) is 33.8 Å². The van der Waals surface area contributed by atoms with Crippen LogP contribution in [0.3, 0.4) is 0 Å². The fourth-order valence-electron chi connectivity index (χ4n) is 4.55. The van der Waals surface area contributed by atoms with Crippen LogP contribution < -0.4 is 9.42 Å². The maximum atomic E-state index is 12.6. The molecule has 0 saturated carbocycles. The zero-order valence-corrected chi connectivity index (χ0v) is 20.0. The number of carbonyl (C=O) groups is 1. The number of aryl methyl sites for hydroxylation is 1. The minimum Gasteiger partial charge on any atom is -0.482 e. The van der Waals surface area contributed by atoms with Crippen molar-refractivity contribution in [2.75, 3.05) is 13.1 Å². The van der Waals surface area contributed by atoms with Gasteiger partial charge < -0.3 is 14.4 Å². The van der Waals surface area contributed by atoms with Gasteiger partial charge in [0.2, 0.25) is 0 Å². The molecular weight excluding hydrogens is 430 g/mol. The molecule has 1 aromatic heterocycles. The number of ether oxygens (including phenoxy) is 2. The zero-order chi connectivity index (χ0) is 23.9. The molecule has 5 rings (SSSR count). The van der Waals surface area contributed by atoms with Crippen LogP contribution in [0.5, 0.6) is 5.75 Å². The first-order valence-electron chi connectivity index (χ1n) is 11.6. The van der Waals surface area contributed by atoms with E-state index >= 15 is 0 Å². The van der Waals surface area contributed by atoms with Gasteiger partial charge >= 0.3 is 11.9 Å². The lowest BCUT2D eigenvalue weighted by molar-refractivity contribution is -0.721. The number of tetrazole rings is 1. The summed E-state index contributed by atoms with van der Waals surface area (Å²) < 4.78 is 13.9. The number of benzene rings is 2. The Morgan fingerprint density at radius 3 is 2.41 bits per heavy atom. The maximum Gasteiger partial charge on any atom is 0.410 e. The van der Waals surface area contributed by atoms with Crippen molar-refractivity contribution >= 4 is 11.7 Å². The molecule has 1 spiro atoms. The number of amides is 1. The Hall–Kier alpha value is -3.68. The van der Waals surface area contributed by atoms with Gasteiger partial charge in [-0.1, -0.05) is 35.5 Å². The van der Waals surface area contributed by atoms with Crippen LogP contribution in [0.1, 0.15) is 44.7 Å². The largest absolute Gasteiger partial charge is 0.482 e. The van der Waals surface area contributed by atoms with E-state index in [-0.39, 0.29) is 6.09 Å². The summed E-state index contributed by atoms with van der Waals surface area (Å²) in [5.41, 5.74) is 3.35. The number of hydrogen-bond donors (Lipinski definition) is 1. The van der Waals surface area contributed by atoms with Crippen LogP contribution in [0, 0.1) is 0 Å². The van der Waals surface area contributed by atoms with Crippen molar-refractivity contribution in [1.82, 2.24) is 20.4 Å². The number of aromatic amines is 1. The van der Waals surface area contributed by atoms with Gasteiger partial charge in [-0.3, -0.25) is 0 Å². The predicted octanol–water partition coefficient (Wildman–Crippen LogP) is 3.89. The standard InChI is InChI=1S/C26H29N5O3/c1-25(2,3)34-24(32)31-15-13-26(14-16-31)17-21(20-7-5-6-8-22(20)33-26)18-9-11-19(12-10-18)23-27-28-29-30(23)4/h5-12,17H,13-16H2,1-4H3/p+1. The van der Waals surface area contributed by atoms with Crippen molar-refractivity contribution in [2.24, 2.45) is 7.05 Å². The highest BCUT2D eigenvalue weighted by Gasteiger charge is 2.40. The molecule has 1 fully saturated rings. The molecule has 8 nitrogen and oxygen atoms in total. The number of rotatable bonds is 2. The Bertz CT molecular complexity index is 1230. The number of para-hydroxylation sites is 1. The highest BCUT2D eigenvalue weighted by Crippen LogP contribution is 2.43. The quantitative estimate of drug-likeness (QED) is 0.587. The summed E-state index contributed by atoms with van der Waals surface area (Å²) >= 11 is 0. The Labute approximate surface area is 199 Å². The van der Waals surface area contributed by atoms with Crippen molar-refractivity contribution < 1.29 is 19.0 Å². The van der Waals surface area contributed by atoms with Gasteiger partial charge in [0.15, 0.2) is 5.21 Å². The third-order valence-electron chi connectivity index (χ3n) is 6.27. The highest BCUT2D eigenvalue weighted by atomic mass is 16.6. The molecule has 0 unspecified atom stereocenters. The molecule has 1 N–H and O–H groups in total. The second kappa shape index (κ2) is 8.27. The predicted molar refractivity (Wildman–Crippen MR) is 127 cm³/mol. The molecule has 2 aromatic carbocycles. The molecular formula is C26H30N5O3+. The lowest BCUT2D eigenvalue weighted by Crippen LogP contribution is -2.50. The van der Waals surface area contributed by atoms with Gasteiger partial charge in [0.05, 0.1) is 12.6 Å². The lowest BCUT2D eigenvalue weighted by Gasteiger charge is -2.43. The number of aromatic nitrogens is 4. The average Bonchev–Trinajstić information content (AvgIpc) is 3.24. The monoisotopic (exact) mass is 460 g/mol. The molecule has 2 aliphatic heterocycles. The fourth-order valence-corrected chi connectivity index (χ4v) is 4.55. The van der Waals surface area contributed by atoms with Gasteiger partial charge in [-0.25, -0.2) is 4.79 Å². The molecule has 0 bridgehead atoms. The van der Waals surface area contributed by atoms with E-state index in [2.05, 4.69) is 51.9 Å². The molecule has 1 amide bonds. The smallest absolute Gasteiger partial charge is 0.410 e. The number of H-pyrrole nitrogens is 1. The van der Waals surface area contributed by atoms with Crippen molar-refractivity contribution in [1.29, 1.82) is 0 Å². The Kier molecular flexibility index (Phi) is 5.38. The van der Waals surface area contributed by atoms with Crippen LogP contribution in [-0.4, -0.2) is 50.8 Å². The molecule has 0 aliphatic carbocycles. The number of carbonyl (C=O) groups excluding carboxylic acids is 1. The zero-order valence-electron chi connectivity index (χ0n) is 20.0. The van der Waals surface area contributed by atoms with Gasteiger partial charge in [-0.2, -0.15) is 4.68 Å². The second-order valence-corrected chi connectivity index (χ2v) is 9.95. The van der Waals surface area contributed by atoms with Crippen LogP contribution in [0.25, 0.3) is 17.0 Å². The first-order chi connectivity index (χ1) is 16.2. The third-order valence-corrected chi connectivity index (χ3v) is 6.27. The molecule has 176 valence electrons. The van der Waals surface area contributed by atoms with Crippen molar-refractivity contribution in [3.8, 4) is 17.1 Å². The molecule has 3 heterocycles. The number of piperidine rings is 1. The Morgan fingerprint density at radius 2 is 1.76 bits per heavy atom. The number of fused-ring (bicyclic) bond motifs is 1. The molecule has 34 heavy (non-hydrogen) atoms. The van der Waals surface area contributed by atoms with E-state index in [1.165, 1.54) is 0 Å². The topological polar surface area (TPSA) is 84.2 Å². The van der Waals surface area contributed by atoms with Crippen LogP contribution in [0.15, 0.2) is 54.6 Å². The first kappa shape index (κ1) is 22.1. The van der Waals surface area contributed by atoms with E-state index in [0.29, 0.717) is 25.9 Å². The summed E-state index contributed by atoms with van der Waals surface area (Å²) in [5, 5.41) is 10.8. The normalized spacial score (nSPS) is 17.1. The van der Waals surface area contributed by atoms with Crippen LogP contribution >= 0.6 is 0 Å². The molecule has 0 atom stereocenters. The Balaban J connectivity index is 1.43. The van der Waals surface area contributed by atoms with Crippen molar-refractivity contribution in [3.05, 3.63) is 65.7 Å². The molecule has 8 heteroatoms. The van der Waals surface area contributed by atoms with Crippen LogP contribution in [-0.2, 0) is 11.8 Å². The van der Waals surface area contributed by atoms with Gasteiger partial charge in [0, 0.05) is 31.5 Å². The van der Waals surface area contributed by atoms with Crippen molar-refractivity contribution in [3.63, 3.8) is 0 Å². The van der Waals surface area contributed by atoms with E-state index < -0.39 is 11.2 Å². The molecule has 0 radical (unpaired) electrons. The summed E-state index contributed by atoms with van der Waals surface area (Å²) in [6.07, 6.45) is 3.39. The maximum absolute atomic E-state index is 12.6. The summed E-state index contributed by atoms with van der Waals surface area (Å²) in [7, 11) is 1.88. The van der Waals surface area contributed by atoms with E-state index in [1.54, 1.807) is 9.58 Å². The van der Waals surface area contributed by atoms with Crippen LogP contribution in [0.2, 0.25) is 0 Å². The van der Waals surface area contributed by atoms with E-state index in [1.807, 2.05) is 46.0 Å². The molecule has 2 aliphatic rings. The highest BCUT2D eigenvalue weighted by molar-refractivity contribution is 5.85. The number of hydrogen-bond acceptors (Lipinski definition) is 5. The average molecular weight is 461 g/mol.